The predicted octanol–water partition coefficient (Wildman–Crippen LogP) is 3.49. The maximum Gasteiger partial charge on any atom is 0.334 e. The molecule has 0 aromatic carbocycles. The lowest BCUT2D eigenvalue weighted by Crippen LogP contribution is -2.74. The van der Waals surface area contributed by atoms with Gasteiger partial charge in [0.25, 0.3) is 0 Å². The Labute approximate surface area is 472 Å². The van der Waals surface area contributed by atoms with E-state index in [1.165, 1.54) is 48.4 Å². The molecule has 0 aromatic rings. The summed E-state index contributed by atoms with van der Waals surface area (Å²) in [5.41, 5.74) is -0.251. The third-order valence-corrected chi connectivity index (χ3v) is 16.8. The zero-order valence-electron chi connectivity index (χ0n) is 49.8. The van der Waals surface area contributed by atoms with Gasteiger partial charge in [-0.25, -0.2) is 4.79 Å². The average Bonchev–Trinajstić information content (AvgIpc) is 3.45. The van der Waals surface area contributed by atoms with Crippen LogP contribution in [0.15, 0.2) is 70.1 Å². The number of esters is 1. The third kappa shape index (κ3) is 15.8. The lowest BCUT2D eigenvalue weighted by atomic mass is 9.75. The van der Waals surface area contributed by atoms with E-state index in [1.807, 2.05) is 45.9 Å². The molecule has 5 aliphatic rings. The van der Waals surface area contributed by atoms with Gasteiger partial charge in [-0.2, -0.15) is 0 Å². The van der Waals surface area contributed by atoms with E-state index < -0.39 is 151 Å². The van der Waals surface area contributed by atoms with Crippen LogP contribution in [0.4, 0.5) is 0 Å². The number of ether oxygens (including phenoxy) is 11. The quantitative estimate of drug-likeness (QED) is 0.0888. The molecule has 0 saturated carbocycles. The van der Waals surface area contributed by atoms with Crippen LogP contribution in [0.2, 0.25) is 0 Å². The normalized spacial score (nSPS) is 47.7. The molecule has 9 N–H and O–H groups in total. The Balaban J connectivity index is 1.51. The molecule has 4 fully saturated rings. The van der Waals surface area contributed by atoms with E-state index >= 15 is 0 Å². The van der Waals surface area contributed by atoms with Crippen LogP contribution in [0.3, 0.4) is 0 Å². The molecular formula is C59H96O21. The standard InChI is InChI=1S/C59H96O21/c1-29-20-30(2)24-40(60)43(72-15)27-42(77-55(67)34(6)25-39(71-14)23-31(3)22-33(5)51(32(4)21-29)78-56-50(64)49(63)48(62)37(9)76-56)35(7)59(69)54(73-16)53(66)58(12,45(79-59)18-17-19-70-13)80-46-26-41(61)47(36(8)75-46)44-28-57(11,68)52(65)38(10)74-44/h20-25,33,35-38,40-54,56,60-66,68-69H,17-19,26-28H2,1-16H3/b29-20+,30-24+,31-22+,32-21+,34-25+,39-23+/t33-,35-,36-,37+,38-,40-,41+,42+,43+,44-,45-,46+,47-,48+,49-,50+,51-,52-,53-,54-,56+,57-,58-,59+/m1/s1. The highest BCUT2D eigenvalue weighted by molar-refractivity contribution is 5.88. The van der Waals surface area contributed by atoms with Gasteiger partial charge in [-0.05, 0) is 99.8 Å². The summed E-state index contributed by atoms with van der Waals surface area (Å²) in [6.45, 7) is 20.8. The van der Waals surface area contributed by atoms with Crippen molar-refractivity contribution in [3.8, 4) is 0 Å². The van der Waals surface area contributed by atoms with Gasteiger partial charge < -0.3 is 98.1 Å². The Morgan fingerprint density at radius 2 is 1.40 bits per heavy atom. The van der Waals surface area contributed by atoms with E-state index in [0.717, 1.165) is 11.1 Å². The topological polar surface area (TPSA) is 301 Å². The van der Waals surface area contributed by atoms with E-state index in [4.69, 9.17) is 52.1 Å². The lowest BCUT2D eigenvalue weighted by molar-refractivity contribution is -0.415. The smallest absolute Gasteiger partial charge is 0.334 e. The maximum atomic E-state index is 14.4. The maximum absolute atomic E-state index is 14.4. The number of carbonyl (C=O) groups excluding carboxylic acids is 1. The summed E-state index contributed by atoms with van der Waals surface area (Å²) in [5, 5.41) is 103. The van der Waals surface area contributed by atoms with Gasteiger partial charge in [-0.15, -0.1) is 0 Å². The summed E-state index contributed by atoms with van der Waals surface area (Å²) in [5.74, 6) is -5.22. The number of allylic oxidation sites excluding steroid dienone is 7. The van der Waals surface area contributed by atoms with Crippen molar-refractivity contribution in [1.82, 2.24) is 0 Å². The molecule has 5 aliphatic heterocycles. The molecule has 458 valence electrons. The molecule has 0 radical (unpaired) electrons. The molecule has 0 aromatic heterocycles. The van der Waals surface area contributed by atoms with E-state index in [2.05, 4.69) is 0 Å². The Morgan fingerprint density at radius 1 is 0.738 bits per heavy atom. The first kappa shape index (κ1) is 67.8. The number of cyclic esters (lactones) is 1. The summed E-state index contributed by atoms with van der Waals surface area (Å²) in [6.07, 6.45) is -9.89. The minimum atomic E-state index is -2.43. The molecule has 24 atom stereocenters. The molecule has 5 heterocycles. The lowest BCUT2D eigenvalue weighted by Gasteiger charge is -2.57. The molecule has 0 unspecified atom stereocenters. The van der Waals surface area contributed by atoms with Gasteiger partial charge in [-0.1, -0.05) is 54.9 Å². The largest absolute Gasteiger partial charge is 0.497 e. The van der Waals surface area contributed by atoms with Gasteiger partial charge in [0.1, 0.15) is 54.1 Å². The van der Waals surface area contributed by atoms with Crippen LogP contribution in [0.5, 0.6) is 0 Å². The van der Waals surface area contributed by atoms with Crippen molar-refractivity contribution in [2.75, 3.05) is 35.0 Å². The zero-order chi connectivity index (χ0) is 59.9. The highest BCUT2D eigenvalue weighted by Gasteiger charge is 2.64. The van der Waals surface area contributed by atoms with E-state index in [9.17, 15) is 50.8 Å². The van der Waals surface area contributed by atoms with Crippen LogP contribution in [-0.4, -0.2) is 214 Å². The first-order valence-electron chi connectivity index (χ1n) is 28.0. The van der Waals surface area contributed by atoms with Crippen molar-refractivity contribution in [3.05, 3.63) is 70.1 Å². The van der Waals surface area contributed by atoms with Crippen molar-refractivity contribution < 1.29 is 103 Å². The van der Waals surface area contributed by atoms with Gasteiger partial charge in [0.05, 0.1) is 73.6 Å². The third-order valence-electron chi connectivity index (χ3n) is 16.8. The van der Waals surface area contributed by atoms with Crippen LogP contribution < -0.4 is 0 Å². The second kappa shape index (κ2) is 28.7. The summed E-state index contributed by atoms with van der Waals surface area (Å²) in [6, 6.07) is 0. The summed E-state index contributed by atoms with van der Waals surface area (Å²) in [4.78, 5) is 14.4. The molecule has 80 heavy (non-hydrogen) atoms. The highest BCUT2D eigenvalue weighted by Crippen LogP contribution is 2.47. The fourth-order valence-electron chi connectivity index (χ4n) is 12.2. The number of aliphatic hydroxyl groups excluding tert-OH is 7. The molecule has 0 spiro atoms. The van der Waals surface area contributed by atoms with Crippen LogP contribution in [0.25, 0.3) is 0 Å². The Hall–Kier alpha value is -3.01. The van der Waals surface area contributed by atoms with Gasteiger partial charge in [0, 0.05) is 64.6 Å². The van der Waals surface area contributed by atoms with Crippen LogP contribution in [0.1, 0.15) is 115 Å². The van der Waals surface area contributed by atoms with Gasteiger partial charge >= 0.3 is 5.97 Å². The number of hydrogen-bond acceptors (Lipinski definition) is 21. The minimum Gasteiger partial charge on any atom is -0.497 e. The fourth-order valence-corrected chi connectivity index (χ4v) is 12.2. The highest BCUT2D eigenvalue weighted by atomic mass is 16.7. The summed E-state index contributed by atoms with van der Waals surface area (Å²) < 4.78 is 67.6. The Bertz CT molecular complexity index is 2210. The van der Waals surface area contributed by atoms with E-state index in [-0.39, 0.29) is 43.6 Å². The van der Waals surface area contributed by atoms with Crippen LogP contribution in [0, 0.1) is 17.8 Å². The number of methoxy groups -OCH3 is 4. The van der Waals surface area contributed by atoms with E-state index in [0.29, 0.717) is 17.6 Å². The predicted molar refractivity (Wildman–Crippen MR) is 292 cm³/mol. The average molecular weight is 1140 g/mol. The number of aliphatic hydroxyl groups is 9. The van der Waals surface area contributed by atoms with Gasteiger partial charge in [0.15, 0.2) is 12.6 Å². The molecule has 21 nitrogen and oxygen atoms in total. The van der Waals surface area contributed by atoms with Crippen LogP contribution in [-0.2, 0) is 56.9 Å². The molecular weight excluding hydrogens is 1040 g/mol. The Morgan fingerprint density at radius 3 is 2.00 bits per heavy atom. The zero-order valence-corrected chi connectivity index (χ0v) is 49.8. The number of hydrogen-bond donors (Lipinski definition) is 9. The van der Waals surface area contributed by atoms with Crippen molar-refractivity contribution in [1.29, 1.82) is 0 Å². The number of carbonyl (C=O) groups is 1. The van der Waals surface area contributed by atoms with Crippen molar-refractivity contribution in [2.24, 2.45) is 17.8 Å². The fraction of sp³-hybridized carbons (Fsp3) is 0.780. The molecule has 0 aliphatic carbocycles. The van der Waals surface area contributed by atoms with Crippen LogP contribution >= 0.6 is 0 Å². The second-order valence-electron chi connectivity index (χ2n) is 23.4. The first-order chi connectivity index (χ1) is 37.4. The number of rotatable bonds is 14. The molecule has 21 heteroatoms. The van der Waals surface area contributed by atoms with E-state index in [1.54, 1.807) is 53.7 Å². The SMILES string of the molecule is COCCC[C@H]1O[C@@](O)([C@H](C)[C@@H]2C[C@H](OC)[C@H](O)/C=C(C)/C=C(C)/C=C(\C)[C@@H](O[C@@H]3O[C@@H](C)[C@H](O)[C@@H](O)[C@@H]3O)[C@H](C)/C=C(C)/C=C(OC)\C=C(/C)C(=O)O2)[C@H](OC)[C@@H](O)[C@]1(C)O[C@H]1C[C@H](O)[C@H]([C@H]2C[C@@](C)(O)[C@H](O)[C@@H](C)O2)[C@@H](C)O1. The minimum absolute atomic E-state index is 0.0473. The second-order valence-corrected chi connectivity index (χ2v) is 23.4. The van der Waals surface area contributed by atoms with Gasteiger partial charge in [0.2, 0.25) is 5.79 Å². The Kier molecular flexibility index (Phi) is 24.3. The van der Waals surface area contributed by atoms with Crippen molar-refractivity contribution in [2.45, 2.75) is 242 Å². The first-order valence-corrected chi connectivity index (χ1v) is 28.0. The van der Waals surface area contributed by atoms with Gasteiger partial charge in [-0.3, -0.25) is 0 Å². The molecule has 0 amide bonds. The summed E-state index contributed by atoms with van der Waals surface area (Å²) >= 11 is 0. The summed E-state index contributed by atoms with van der Waals surface area (Å²) in [7, 11) is 5.66. The monoisotopic (exact) mass is 1140 g/mol. The molecule has 5 rings (SSSR count). The van der Waals surface area contributed by atoms with Crippen molar-refractivity contribution >= 4 is 5.97 Å². The molecule has 0 bridgehead atoms. The van der Waals surface area contributed by atoms with Crippen molar-refractivity contribution in [3.63, 3.8) is 0 Å². The molecule has 4 saturated heterocycles.